The van der Waals surface area contributed by atoms with Crippen LogP contribution in [-0.2, 0) is 12.8 Å². The lowest BCUT2D eigenvalue weighted by Gasteiger charge is -2.04. The van der Waals surface area contributed by atoms with Crippen LogP contribution >= 0.6 is 11.3 Å². The van der Waals surface area contributed by atoms with E-state index in [1.807, 2.05) is 6.20 Å². The van der Waals surface area contributed by atoms with Gasteiger partial charge in [0, 0.05) is 30.2 Å². The third-order valence-corrected chi connectivity index (χ3v) is 4.02. The van der Waals surface area contributed by atoms with E-state index in [1.165, 1.54) is 23.2 Å². The summed E-state index contributed by atoms with van der Waals surface area (Å²) in [6.07, 6.45) is 4.76. The minimum absolute atomic E-state index is 0.0441. The van der Waals surface area contributed by atoms with Crippen molar-refractivity contribution in [2.24, 2.45) is 0 Å². The molecule has 0 aliphatic rings. The number of carbonyl (C=O) groups is 2. The van der Waals surface area contributed by atoms with Crippen LogP contribution in [0.1, 0.15) is 37.7 Å². The van der Waals surface area contributed by atoms with Gasteiger partial charge in [0.25, 0.3) is 5.91 Å². The summed E-state index contributed by atoms with van der Waals surface area (Å²) in [5, 5.41) is 12.6. The van der Waals surface area contributed by atoms with Gasteiger partial charge < -0.3 is 10.4 Å². The fourth-order valence-corrected chi connectivity index (χ4v) is 2.55. The Morgan fingerprint density at radius 3 is 2.86 bits per heavy atom. The third-order valence-electron chi connectivity index (χ3n) is 2.81. The molecule has 2 aromatic heterocycles. The molecule has 0 saturated carbocycles. The van der Waals surface area contributed by atoms with Crippen LogP contribution in [0.5, 0.6) is 0 Å². The molecule has 0 aliphatic heterocycles. The summed E-state index contributed by atoms with van der Waals surface area (Å²) >= 11 is 1.63. The molecule has 6 nitrogen and oxygen atoms in total. The molecule has 2 rings (SSSR count). The molecular formula is C14H15N3O3S. The van der Waals surface area contributed by atoms with Gasteiger partial charge in [0.2, 0.25) is 0 Å². The number of carboxylic acid groups (broad SMARTS) is 1. The van der Waals surface area contributed by atoms with E-state index >= 15 is 0 Å². The van der Waals surface area contributed by atoms with Gasteiger partial charge in [0.1, 0.15) is 5.69 Å². The average molecular weight is 305 g/mol. The molecule has 21 heavy (non-hydrogen) atoms. The first-order valence-electron chi connectivity index (χ1n) is 6.51. The number of amides is 1. The predicted molar refractivity (Wildman–Crippen MR) is 78.7 cm³/mol. The first-order valence-corrected chi connectivity index (χ1v) is 7.33. The molecule has 110 valence electrons. The highest BCUT2D eigenvalue weighted by molar-refractivity contribution is 7.11. The summed E-state index contributed by atoms with van der Waals surface area (Å²) in [4.78, 5) is 32.1. The van der Waals surface area contributed by atoms with Crippen molar-refractivity contribution in [2.45, 2.75) is 19.8 Å². The van der Waals surface area contributed by atoms with Crippen LogP contribution in [0.15, 0.2) is 24.5 Å². The van der Waals surface area contributed by atoms with E-state index in [2.05, 4.69) is 22.2 Å². The number of aromatic nitrogens is 2. The number of hydrogen-bond donors (Lipinski definition) is 2. The maximum absolute atomic E-state index is 11.9. The van der Waals surface area contributed by atoms with Gasteiger partial charge >= 0.3 is 5.97 Å². The van der Waals surface area contributed by atoms with Crippen LogP contribution in [0.25, 0.3) is 0 Å². The molecule has 0 spiro atoms. The summed E-state index contributed by atoms with van der Waals surface area (Å²) in [5.41, 5.74) is 0.144. The molecule has 0 aliphatic carbocycles. The Balaban J connectivity index is 1.89. The van der Waals surface area contributed by atoms with Crippen molar-refractivity contribution < 1.29 is 14.7 Å². The molecule has 2 N–H and O–H groups in total. The lowest BCUT2D eigenvalue weighted by atomic mass is 10.2. The maximum atomic E-state index is 11.9. The smallest absolute Gasteiger partial charge is 0.335 e. The minimum Gasteiger partial charge on any atom is -0.478 e. The molecule has 0 fully saturated rings. The summed E-state index contributed by atoms with van der Waals surface area (Å²) in [6, 6.07) is 2.61. The van der Waals surface area contributed by atoms with E-state index in [9.17, 15) is 9.59 Å². The zero-order chi connectivity index (χ0) is 15.2. The number of aryl methyl sites for hydroxylation is 1. The first-order chi connectivity index (χ1) is 10.1. The molecule has 0 saturated heterocycles. The number of nitrogens with zero attached hydrogens (tertiary/aromatic N) is 2. The van der Waals surface area contributed by atoms with Gasteiger partial charge in [-0.25, -0.2) is 9.78 Å². The van der Waals surface area contributed by atoms with Crippen molar-refractivity contribution in [2.75, 3.05) is 6.54 Å². The molecule has 0 aromatic carbocycles. The van der Waals surface area contributed by atoms with Gasteiger partial charge in [-0.2, -0.15) is 0 Å². The normalized spacial score (nSPS) is 10.3. The number of hydrogen-bond acceptors (Lipinski definition) is 5. The Morgan fingerprint density at radius 1 is 1.38 bits per heavy atom. The summed E-state index contributed by atoms with van der Waals surface area (Å²) in [5.74, 6) is -1.47. The Hall–Kier alpha value is -2.28. The van der Waals surface area contributed by atoms with Crippen molar-refractivity contribution in [1.29, 1.82) is 0 Å². The molecule has 1 amide bonds. The molecule has 0 atom stereocenters. The topological polar surface area (TPSA) is 92.2 Å². The van der Waals surface area contributed by atoms with Crippen molar-refractivity contribution >= 4 is 23.2 Å². The zero-order valence-electron chi connectivity index (χ0n) is 11.5. The van der Waals surface area contributed by atoms with Crippen LogP contribution in [0, 0.1) is 0 Å². The monoisotopic (exact) mass is 305 g/mol. The van der Waals surface area contributed by atoms with E-state index in [-0.39, 0.29) is 17.2 Å². The first kappa shape index (κ1) is 15.1. The van der Waals surface area contributed by atoms with E-state index < -0.39 is 5.97 Å². The molecule has 0 radical (unpaired) electrons. The predicted octanol–water partition coefficient (Wildman–Crippen LogP) is 1.77. The molecule has 2 aromatic rings. The van der Waals surface area contributed by atoms with Gasteiger partial charge in [-0.3, -0.25) is 9.78 Å². The standard InChI is InChI=1S/C14H15N3O3S/c1-2-10-8-17-12(21-10)4-6-16-13(18)11-7-9(14(19)20)3-5-15-11/h3,5,7-8H,2,4,6H2,1H3,(H,16,18)(H,19,20). The van der Waals surface area contributed by atoms with E-state index in [0.717, 1.165) is 11.4 Å². The number of nitrogens with one attached hydrogen (secondary N) is 1. The zero-order valence-corrected chi connectivity index (χ0v) is 12.3. The number of carbonyl (C=O) groups excluding carboxylic acids is 1. The van der Waals surface area contributed by atoms with Crippen molar-refractivity contribution in [1.82, 2.24) is 15.3 Å². The van der Waals surface area contributed by atoms with Crippen LogP contribution < -0.4 is 5.32 Å². The lowest BCUT2D eigenvalue weighted by Crippen LogP contribution is -2.26. The molecule has 0 bridgehead atoms. The number of thiazole rings is 1. The lowest BCUT2D eigenvalue weighted by molar-refractivity contribution is 0.0696. The Labute approximate surface area is 125 Å². The van der Waals surface area contributed by atoms with Gasteiger partial charge in [-0.15, -0.1) is 11.3 Å². The number of pyridine rings is 1. The fourth-order valence-electron chi connectivity index (χ4n) is 1.69. The average Bonchev–Trinajstić information content (AvgIpc) is 2.95. The highest BCUT2D eigenvalue weighted by Crippen LogP contribution is 2.13. The van der Waals surface area contributed by atoms with Crippen LogP contribution in [-0.4, -0.2) is 33.5 Å². The Morgan fingerprint density at radius 2 is 2.19 bits per heavy atom. The summed E-state index contributed by atoms with van der Waals surface area (Å²) in [7, 11) is 0. The van der Waals surface area contributed by atoms with Gasteiger partial charge in [0.15, 0.2) is 0 Å². The second kappa shape index (κ2) is 6.94. The van der Waals surface area contributed by atoms with Crippen LogP contribution in [0.3, 0.4) is 0 Å². The summed E-state index contributed by atoms with van der Waals surface area (Å²) < 4.78 is 0. The van der Waals surface area contributed by atoms with Crippen molar-refractivity contribution in [3.63, 3.8) is 0 Å². The van der Waals surface area contributed by atoms with Crippen molar-refractivity contribution in [3.05, 3.63) is 45.7 Å². The Bertz CT molecular complexity index is 654. The maximum Gasteiger partial charge on any atom is 0.335 e. The molecular weight excluding hydrogens is 290 g/mol. The molecule has 2 heterocycles. The second-order valence-electron chi connectivity index (χ2n) is 4.31. The SMILES string of the molecule is CCc1cnc(CCNC(=O)c2cc(C(=O)O)ccn2)s1. The van der Waals surface area contributed by atoms with Crippen LogP contribution in [0.2, 0.25) is 0 Å². The fraction of sp³-hybridized carbons (Fsp3) is 0.286. The van der Waals surface area contributed by atoms with E-state index in [0.29, 0.717) is 13.0 Å². The number of carboxylic acids is 1. The molecule has 0 unspecified atom stereocenters. The van der Waals surface area contributed by atoms with E-state index in [4.69, 9.17) is 5.11 Å². The molecule has 7 heteroatoms. The van der Waals surface area contributed by atoms with Gasteiger partial charge in [0.05, 0.1) is 10.6 Å². The Kier molecular flexibility index (Phi) is 4.99. The quantitative estimate of drug-likeness (QED) is 0.848. The van der Waals surface area contributed by atoms with E-state index in [1.54, 1.807) is 11.3 Å². The second-order valence-corrected chi connectivity index (χ2v) is 5.51. The highest BCUT2D eigenvalue weighted by atomic mass is 32.1. The minimum atomic E-state index is -1.08. The van der Waals surface area contributed by atoms with Crippen molar-refractivity contribution in [3.8, 4) is 0 Å². The summed E-state index contributed by atoms with van der Waals surface area (Å²) in [6.45, 7) is 2.51. The third kappa shape index (κ3) is 4.09. The van der Waals surface area contributed by atoms with Crippen LogP contribution in [0.4, 0.5) is 0 Å². The number of rotatable bonds is 6. The highest BCUT2D eigenvalue weighted by Gasteiger charge is 2.10. The number of aromatic carboxylic acids is 1. The largest absolute Gasteiger partial charge is 0.478 e. The van der Waals surface area contributed by atoms with Gasteiger partial charge in [-0.05, 0) is 18.6 Å². The van der Waals surface area contributed by atoms with Gasteiger partial charge in [-0.1, -0.05) is 6.92 Å².